The molecular weight excluding hydrogens is 426 g/mol. The molecule has 1 aromatic carbocycles. The summed E-state index contributed by atoms with van der Waals surface area (Å²) in [7, 11) is 0. The van der Waals surface area contributed by atoms with Gasteiger partial charge in [-0.25, -0.2) is 0 Å². The smallest absolute Gasteiger partial charge is 0.231 e. The highest BCUT2D eigenvalue weighted by atomic mass is 79.9. The molecule has 28 heavy (non-hydrogen) atoms. The van der Waals surface area contributed by atoms with E-state index in [2.05, 4.69) is 41.6 Å². The monoisotopic (exact) mass is 439 g/mol. The maximum Gasteiger partial charge on any atom is 0.231 e. The SMILES string of the molecule is O=C(Cc1nn(C2CC2)c2cc(Br)ccc2c1=O)Nc1ccc2nncn2n1. The van der Waals surface area contributed by atoms with E-state index in [1.165, 1.54) is 10.8 Å². The summed E-state index contributed by atoms with van der Waals surface area (Å²) in [6, 6.07) is 9.09. The van der Waals surface area contributed by atoms with Crippen molar-refractivity contribution in [3.8, 4) is 0 Å². The van der Waals surface area contributed by atoms with Crippen LogP contribution in [0.3, 0.4) is 0 Å². The Balaban J connectivity index is 1.47. The number of amides is 1. The highest BCUT2D eigenvalue weighted by Gasteiger charge is 2.27. The quantitative estimate of drug-likeness (QED) is 0.521. The first-order valence-corrected chi connectivity index (χ1v) is 9.56. The summed E-state index contributed by atoms with van der Waals surface area (Å²) in [4.78, 5) is 25.4. The van der Waals surface area contributed by atoms with Gasteiger partial charge in [-0.1, -0.05) is 15.9 Å². The average Bonchev–Trinajstić information content (AvgIpc) is 3.41. The Morgan fingerprint density at radius 1 is 1.21 bits per heavy atom. The van der Waals surface area contributed by atoms with Crippen molar-refractivity contribution in [3.05, 3.63) is 57.0 Å². The molecule has 10 heteroatoms. The molecule has 3 aromatic heterocycles. The lowest BCUT2D eigenvalue weighted by Gasteiger charge is -2.12. The van der Waals surface area contributed by atoms with Gasteiger partial charge in [-0.3, -0.25) is 14.3 Å². The van der Waals surface area contributed by atoms with Crippen LogP contribution >= 0.6 is 15.9 Å². The lowest BCUT2D eigenvalue weighted by Crippen LogP contribution is -2.25. The molecule has 3 heterocycles. The van der Waals surface area contributed by atoms with Crippen LogP contribution in [0, 0.1) is 0 Å². The first kappa shape index (κ1) is 17.0. The van der Waals surface area contributed by atoms with Crippen LogP contribution in [-0.2, 0) is 11.2 Å². The second-order valence-corrected chi connectivity index (χ2v) is 7.61. The molecular formula is C18H14BrN7O2. The standard InChI is InChI=1S/C18H14BrN7O2/c19-10-1-4-12-14(7-10)26(11-2-3-11)23-13(18(12)28)8-17(27)21-15-5-6-16-22-20-9-25(16)24-15/h1,4-7,9,11H,2-3,8H2,(H,21,24,27). The topological polar surface area (TPSA) is 107 Å². The number of carbonyl (C=O) groups is 1. The van der Waals surface area contributed by atoms with Crippen LogP contribution in [0.4, 0.5) is 5.82 Å². The van der Waals surface area contributed by atoms with E-state index in [0.717, 1.165) is 22.8 Å². The molecule has 1 saturated carbocycles. The fourth-order valence-corrected chi connectivity index (χ4v) is 3.47. The van der Waals surface area contributed by atoms with Crippen molar-refractivity contribution >= 4 is 44.2 Å². The van der Waals surface area contributed by atoms with E-state index in [0.29, 0.717) is 16.9 Å². The Morgan fingerprint density at radius 3 is 2.89 bits per heavy atom. The van der Waals surface area contributed by atoms with E-state index in [4.69, 9.17) is 0 Å². The lowest BCUT2D eigenvalue weighted by atomic mass is 10.1. The highest BCUT2D eigenvalue weighted by Crippen LogP contribution is 2.36. The van der Waals surface area contributed by atoms with Gasteiger partial charge in [-0.2, -0.15) is 9.61 Å². The van der Waals surface area contributed by atoms with Gasteiger partial charge in [0.25, 0.3) is 0 Å². The number of rotatable bonds is 4. The molecule has 4 aromatic rings. The van der Waals surface area contributed by atoms with Gasteiger partial charge in [0, 0.05) is 9.86 Å². The van der Waals surface area contributed by atoms with Crippen LogP contribution in [0.15, 0.2) is 45.9 Å². The van der Waals surface area contributed by atoms with Crippen molar-refractivity contribution in [2.45, 2.75) is 25.3 Å². The largest absolute Gasteiger partial charge is 0.309 e. The first-order valence-electron chi connectivity index (χ1n) is 8.76. The van der Waals surface area contributed by atoms with E-state index in [1.807, 2.05) is 16.8 Å². The highest BCUT2D eigenvalue weighted by molar-refractivity contribution is 9.10. The number of halogens is 1. The number of aromatic nitrogens is 6. The molecule has 0 atom stereocenters. The Morgan fingerprint density at radius 2 is 2.07 bits per heavy atom. The predicted molar refractivity (Wildman–Crippen MR) is 105 cm³/mol. The number of nitrogens with zero attached hydrogens (tertiary/aromatic N) is 6. The van der Waals surface area contributed by atoms with E-state index in [1.54, 1.807) is 18.2 Å². The summed E-state index contributed by atoms with van der Waals surface area (Å²) in [5, 5.41) is 19.6. The van der Waals surface area contributed by atoms with E-state index in [-0.39, 0.29) is 29.5 Å². The Labute approximate surface area is 166 Å². The summed E-state index contributed by atoms with van der Waals surface area (Å²) >= 11 is 3.45. The number of benzene rings is 1. The zero-order valence-corrected chi connectivity index (χ0v) is 16.1. The van der Waals surface area contributed by atoms with Crippen LogP contribution in [0.25, 0.3) is 16.6 Å². The third-order valence-electron chi connectivity index (χ3n) is 4.59. The van der Waals surface area contributed by atoms with E-state index < -0.39 is 0 Å². The third kappa shape index (κ3) is 3.05. The second kappa shape index (κ2) is 6.48. The van der Waals surface area contributed by atoms with Gasteiger partial charge < -0.3 is 5.32 Å². The van der Waals surface area contributed by atoms with Crippen molar-refractivity contribution in [2.75, 3.05) is 5.32 Å². The minimum Gasteiger partial charge on any atom is -0.309 e. The average molecular weight is 440 g/mol. The van der Waals surface area contributed by atoms with Gasteiger partial charge in [0.2, 0.25) is 11.3 Å². The van der Waals surface area contributed by atoms with Gasteiger partial charge in [0.05, 0.1) is 18.0 Å². The van der Waals surface area contributed by atoms with Crippen molar-refractivity contribution in [2.24, 2.45) is 0 Å². The van der Waals surface area contributed by atoms with Crippen molar-refractivity contribution in [3.63, 3.8) is 0 Å². The second-order valence-electron chi connectivity index (χ2n) is 6.69. The van der Waals surface area contributed by atoms with Crippen molar-refractivity contribution in [1.29, 1.82) is 0 Å². The van der Waals surface area contributed by atoms with Crippen LogP contribution in [-0.4, -0.2) is 35.5 Å². The summed E-state index contributed by atoms with van der Waals surface area (Å²) in [6.45, 7) is 0. The van der Waals surface area contributed by atoms with E-state index in [9.17, 15) is 9.59 Å². The fraction of sp³-hybridized carbons (Fsp3) is 0.222. The summed E-state index contributed by atoms with van der Waals surface area (Å²) in [5.74, 6) is -0.00660. The van der Waals surface area contributed by atoms with Gasteiger partial charge >= 0.3 is 0 Å². The number of carbonyl (C=O) groups excluding carboxylic acids is 1. The molecule has 1 aliphatic rings. The van der Waals surface area contributed by atoms with Crippen LogP contribution in [0.5, 0.6) is 0 Å². The first-order chi connectivity index (χ1) is 13.6. The number of nitrogens with one attached hydrogen (secondary N) is 1. The molecule has 5 rings (SSSR count). The molecule has 0 saturated heterocycles. The van der Waals surface area contributed by atoms with Crippen LogP contribution in [0.2, 0.25) is 0 Å². The van der Waals surface area contributed by atoms with Gasteiger partial charge in [-0.15, -0.1) is 15.3 Å². The molecule has 9 nitrogen and oxygen atoms in total. The minimum atomic E-state index is -0.358. The third-order valence-corrected chi connectivity index (χ3v) is 5.08. The fourth-order valence-electron chi connectivity index (χ4n) is 3.12. The normalized spacial score (nSPS) is 13.9. The maximum atomic E-state index is 12.9. The maximum absolute atomic E-state index is 12.9. The summed E-state index contributed by atoms with van der Waals surface area (Å²) in [5.41, 5.74) is 1.36. The van der Waals surface area contributed by atoms with Crippen LogP contribution in [0.1, 0.15) is 24.6 Å². The van der Waals surface area contributed by atoms with Gasteiger partial charge in [0.15, 0.2) is 11.5 Å². The molecule has 0 aliphatic heterocycles. The number of fused-ring (bicyclic) bond motifs is 2. The summed E-state index contributed by atoms with van der Waals surface area (Å²) in [6.07, 6.45) is 3.36. The molecule has 140 valence electrons. The Hall–Kier alpha value is -3.14. The predicted octanol–water partition coefficient (Wildman–Crippen LogP) is 2.11. The number of hydrogen-bond donors (Lipinski definition) is 1. The molecule has 0 spiro atoms. The van der Waals surface area contributed by atoms with Crippen LogP contribution < -0.4 is 10.7 Å². The Bertz CT molecular complexity index is 1290. The molecule has 1 amide bonds. The molecule has 0 bridgehead atoms. The minimum absolute atomic E-state index is 0.126. The van der Waals surface area contributed by atoms with E-state index >= 15 is 0 Å². The molecule has 0 radical (unpaired) electrons. The lowest BCUT2D eigenvalue weighted by molar-refractivity contribution is -0.115. The Kier molecular flexibility index (Phi) is 3.93. The zero-order chi connectivity index (χ0) is 19.3. The van der Waals surface area contributed by atoms with Gasteiger partial charge in [0.1, 0.15) is 12.0 Å². The molecule has 1 fully saturated rings. The zero-order valence-electron chi connectivity index (χ0n) is 14.5. The molecule has 1 aliphatic carbocycles. The van der Waals surface area contributed by atoms with Crippen molar-refractivity contribution in [1.82, 2.24) is 29.6 Å². The van der Waals surface area contributed by atoms with Crippen molar-refractivity contribution < 1.29 is 4.79 Å². The molecule has 0 unspecified atom stereocenters. The molecule has 1 N–H and O–H groups in total. The summed E-state index contributed by atoms with van der Waals surface area (Å²) < 4.78 is 4.21. The van der Waals surface area contributed by atoms with Gasteiger partial charge in [-0.05, 0) is 43.2 Å². The number of anilines is 1. The number of hydrogen-bond acceptors (Lipinski definition) is 6.